The van der Waals surface area contributed by atoms with Crippen molar-refractivity contribution in [3.05, 3.63) is 64.8 Å². The van der Waals surface area contributed by atoms with E-state index in [0.717, 1.165) is 17.3 Å². The normalized spacial score (nSPS) is 13.0. The number of anilines is 2. The summed E-state index contributed by atoms with van der Waals surface area (Å²) in [5.41, 5.74) is 6.78. The van der Waals surface area contributed by atoms with Crippen LogP contribution < -0.4 is 11.1 Å². The summed E-state index contributed by atoms with van der Waals surface area (Å²) in [5, 5.41) is 5.30. The molecule has 0 bridgehead atoms. The molecule has 0 saturated heterocycles. The van der Waals surface area contributed by atoms with Gasteiger partial charge in [0.05, 0.1) is 11.3 Å². The van der Waals surface area contributed by atoms with E-state index >= 15 is 0 Å². The van der Waals surface area contributed by atoms with Gasteiger partial charge in [0.25, 0.3) is 0 Å². The van der Waals surface area contributed by atoms with Gasteiger partial charge < -0.3 is 11.1 Å². The van der Waals surface area contributed by atoms with Crippen LogP contribution in [0.5, 0.6) is 0 Å². The Labute approximate surface area is 154 Å². The van der Waals surface area contributed by atoms with Gasteiger partial charge >= 0.3 is 6.18 Å². The molecule has 3 N–H and O–H groups in total. The highest BCUT2D eigenvalue weighted by Crippen LogP contribution is 2.35. The zero-order valence-electron chi connectivity index (χ0n) is 14.5. The largest absolute Gasteiger partial charge is 0.417 e. The Morgan fingerprint density at radius 2 is 2.12 bits per heavy atom. The second kappa shape index (κ2) is 8.71. The summed E-state index contributed by atoms with van der Waals surface area (Å²) < 4.78 is 40.0. The van der Waals surface area contributed by atoms with Gasteiger partial charge in [-0.2, -0.15) is 13.2 Å². The third-order valence-corrected chi connectivity index (χ3v) is 4.27. The summed E-state index contributed by atoms with van der Waals surface area (Å²) in [6, 6.07) is 4.19. The van der Waals surface area contributed by atoms with E-state index in [9.17, 15) is 13.2 Å². The average Bonchev–Trinajstić information content (AvgIpc) is 3.06. The Morgan fingerprint density at radius 3 is 2.77 bits per heavy atom. The third-order valence-electron chi connectivity index (χ3n) is 3.51. The van der Waals surface area contributed by atoms with Crippen molar-refractivity contribution in [2.45, 2.75) is 26.4 Å². The van der Waals surface area contributed by atoms with Crippen LogP contribution in [0.4, 0.5) is 24.0 Å². The van der Waals surface area contributed by atoms with E-state index < -0.39 is 11.7 Å². The molecule has 0 aliphatic carbocycles. The zero-order chi connectivity index (χ0) is 19.2. The smallest absolute Gasteiger partial charge is 0.405 e. The van der Waals surface area contributed by atoms with E-state index in [1.54, 1.807) is 18.2 Å². The van der Waals surface area contributed by atoms with Crippen LogP contribution in [0.25, 0.3) is 11.6 Å². The van der Waals surface area contributed by atoms with Gasteiger partial charge in [0.2, 0.25) is 0 Å². The minimum atomic E-state index is -4.42. The number of hydrogen-bond acceptors (Lipinski definition) is 4. The molecule has 2 aromatic rings. The molecule has 0 amide bonds. The number of thiazole rings is 1. The molecule has 138 valence electrons. The molecule has 0 saturated carbocycles. The van der Waals surface area contributed by atoms with Gasteiger partial charge in [-0.05, 0) is 48.9 Å². The Bertz CT molecular complexity index is 833. The number of halogens is 3. The molecule has 0 fully saturated rings. The number of aromatic nitrogens is 1. The van der Waals surface area contributed by atoms with Crippen LogP contribution >= 0.6 is 11.3 Å². The van der Waals surface area contributed by atoms with Gasteiger partial charge in [0, 0.05) is 11.1 Å². The van der Waals surface area contributed by atoms with Gasteiger partial charge in [0.1, 0.15) is 0 Å². The molecule has 3 nitrogen and oxygen atoms in total. The molecule has 0 aliphatic rings. The minimum Gasteiger partial charge on any atom is -0.405 e. The van der Waals surface area contributed by atoms with Crippen molar-refractivity contribution in [2.24, 2.45) is 5.73 Å². The average molecular weight is 379 g/mol. The summed E-state index contributed by atoms with van der Waals surface area (Å²) in [6.07, 6.45) is 4.37. The van der Waals surface area contributed by atoms with Crippen molar-refractivity contribution in [3.8, 4) is 0 Å². The first-order chi connectivity index (χ1) is 12.3. The third kappa shape index (κ3) is 5.23. The predicted octanol–water partition coefficient (Wildman–Crippen LogP) is 6.20. The summed E-state index contributed by atoms with van der Waals surface area (Å²) in [7, 11) is 0. The van der Waals surface area contributed by atoms with Crippen LogP contribution in [0, 0.1) is 0 Å². The first kappa shape index (κ1) is 19.8. The number of nitrogens with one attached hydrogen (secondary N) is 1. The van der Waals surface area contributed by atoms with Crippen LogP contribution in [0.2, 0.25) is 0 Å². The number of nitrogens with two attached hydrogens (primary N) is 1. The monoisotopic (exact) mass is 379 g/mol. The number of alkyl halides is 3. The van der Waals surface area contributed by atoms with Gasteiger partial charge in [-0.15, -0.1) is 11.3 Å². The molecule has 1 heterocycles. The molecule has 0 aliphatic heterocycles. The van der Waals surface area contributed by atoms with Crippen molar-refractivity contribution in [2.75, 3.05) is 5.32 Å². The summed E-state index contributed by atoms with van der Waals surface area (Å²) in [4.78, 5) is 4.39. The van der Waals surface area contributed by atoms with E-state index in [0.29, 0.717) is 17.2 Å². The Balaban J connectivity index is 2.28. The number of rotatable bonds is 6. The van der Waals surface area contributed by atoms with Crippen LogP contribution in [0.3, 0.4) is 0 Å². The SMILES string of the molecule is CC/C=C/c1ccc(Nc2nc(/C(C)=C/C=C\N)cs2)cc1C(F)(F)F. The number of benzene rings is 1. The topological polar surface area (TPSA) is 50.9 Å². The Morgan fingerprint density at radius 1 is 1.35 bits per heavy atom. The van der Waals surface area contributed by atoms with E-state index in [-0.39, 0.29) is 5.56 Å². The molecule has 0 atom stereocenters. The molecule has 1 aromatic heterocycles. The van der Waals surface area contributed by atoms with Gasteiger partial charge in [-0.3, -0.25) is 0 Å². The van der Waals surface area contributed by atoms with Crippen LogP contribution in [0.15, 0.2) is 48.0 Å². The molecule has 0 radical (unpaired) electrons. The van der Waals surface area contributed by atoms with Crippen LogP contribution in [0.1, 0.15) is 37.1 Å². The van der Waals surface area contributed by atoms with E-state index in [4.69, 9.17) is 5.73 Å². The molecule has 0 spiro atoms. The van der Waals surface area contributed by atoms with E-state index in [1.807, 2.05) is 25.3 Å². The maximum Gasteiger partial charge on any atom is 0.417 e. The van der Waals surface area contributed by atoms with Crippen LogP contribution in [-0.2, 0) is 6.18 Å². The number of nitrogens with zero attached hydrogens (tertiary/aromatic N) is 1. The Hall–Kier alpha value is -2.54. The molecule has 2 rings (SSSR count). The maximum absolute atomic E-state index is 13.3. The van der Waals surface area contributed by atoms with Crippen molar-refractivity contribution >= 4 is 33.8 Å². The maximum atomic E-state index is 13.3. The summed E-state index contributed by atoms with van der Waals surface area (Å²) in [6.45, 7) is 3.76. The van der Waals surface area contributed by atoms with Gasteiger partial charge in [-0.1, -0.05) is 31.2 Å². The van der Waals surface area contributed by atoms with E-state index in [2.05, 4.69) is 10.3 Å². The highest BCUT2D eigenvalue weighted by atomic mass is 32.1. The molecule has 26 heavy (non-hydrogen) atoms. The van der Waals surface area contributed by atoms with Gasteiger partial charge in [-0.25, -0.2) is 4.98 Å². The quantitative estimate of drug-likeness (QED) is 0.587. The second-order valence-electron chi connectivity index (χ2n) is 5.51. The summed E-state index contributed by atoms with van der Waals surface area (Å²) >= 11 is 1.32. The first-order valence-electron chi connectivity index (χ1n) is 8.01. The lowest BCUT2D eigenvalue weighted by molar-refractivity contribution is -0.137. The summed E-state index contributed by atoms with van der Waals surface area (Å²) in [5.74, 6) is 0. The van der Waals surface area contributed by atoms with Crippen molar-refractivity contribution in [1.29, 1.82) is 0 Å². The molecule has 7 heteroatoms. The molecular weight excluding hydrogens is 359 g/mol. The minimum absolute atomic E-state index is 0.150. The molecular formula is C19H20F3N3S. The fourth-order valence-corrected chi connectivity index (χ4v) is 2.98. The molecule has 1 aromatic carbocycles. The van der Waals surface area contributed by atoms with Crippen LogP contribution in [-0.4, -0.2) is 4.98 Å². The molecule has 0 unspecified atom stereocenters. The highest BCUT2D eigenvalue weighted by molar-refractivity contribution is 7.13. The second-order valence-corrected chi connectivity index (χ2v) is 6.37. The lowest BCUT2D eigenvalue weighted by atomic mass is 10.1. The van der Waals surface area contributed by atoms with Crippen molar-refractivity contribution < 1.29 is 13.2 Å². The number of allylic oxidation sites excluding steroid dienone is 4. The van der Waals surface area contributed by atoms with Gasteiger partial charge in [0.15, 0.2) is 5.13 Å². The van der Waals surface area contributed by atoms with Crippen molar-refractivity contribution in [3.63, 3.8) is 0 Å². The highest BCUT2D eigenvalue weighted by Gasteiger charge is 2.33. The lowest BCUT2D eigenvalue weighted by Crippen LogP contribution is -2.08. The number of hydrogen-bond donors (Lipinski definition) is 2. The first-order valence-corrected chi connectivity index (χ1v) is 8.89. The zero-order valence-corrected chi connectivity index (χ0v) is 15.3. The Kier molecular flexibility index (Phi) is 6.63. The van der Waals surface area contributed by atoms with Crippen molar-refractivity contribution in [1.82, 2.24) is 4.98 Å². The fraction of sp³-hybridized carbons (Fsp3) is 0.211. The predicted molar refractivity (Wildman–Crippen MR) is 103 cm³/mol. The lowest BCUT2D eigenvalue weighted by Gasteiger charge is -2.13. The standard InChI is InChI=1S/C19H20F3N3S/c1-3-4-7-14-8-9-15(11-16(14)19(20,21)22)24-18-25-17(12-26-18)13(2)6-5-10-23/h4-12H,3,23H2,1-2H3,(H,24,25)/b7-4+,10-5-,13-6+. The van der Waals surface area contributed by atoms with E-state index in [1.165, 1.54) is 29.7 Å². The fourth-order valence-electron chi connectivity index (χ4n) is 2.19.